The van der Waals surface area contributed by atoms with E-state index in [4.69, 9.17) is 10.4 Å². The fraction of sp³-hybridized carbons (Fsp3) is 0. The zero-order valence-electron chi connectivity index (χ0n) is 12.9. The third kappa shape index (κ3) is 5.24. The molecule has 0 aliphatic heterocycles. The Hall–Kier alpha value is -3.01. The minimum absolute atomic E-state index is 0. The number of hydrogen-bond acceptors (Lipinski definition) is 4. The minimum atomic E-state index is -1.05. The molecule has 0 saturated heterocycles. The van der Waals surface area contributed by atoms with E-state index in [-0.39, 0.29) is 31.4 Å². The van der Waals surface area contributed by atoms with Gasteiger partial charge in [0.1, 0.15) is 0 Å². The van der Waals surface area contributed by atoms with Gasteiger partial charge in [0.25, 0.3) is 0 Å². The molecule has 3 rings (SSSR count). The van der Waals surface area contributed by atoms with E-state index in [1.807, 2.05) is 0 Å². The Morgan fingerprint density at radius 1 is 1.15 bits per heavy atom. The SMILES string of the molecule is N#Cc1c(F)c[c-]c(-c2ccccn2)c1F.O=C(O)c1[c-]cccn1.[Ir+3]. The molecular weight excluding hydrogens is 520 g/mol. The Balaban J connectivity index is 0.000000290. The average molecular weight is 530 g/mol. The van der Waals surface area contributed by atoms with Gasteiger partial charge in [0.15, 0.2) is 0 Å². The fourth-order valence-corrected chi connectivity index (χ4v) is 1.74. The van der Waals surface area contributed by atoms with E-state index in [0.717, 1.165) is 6.07 Å². The molecule has 5 nitrogen and oxygen atoms in total. The van der Waals surface area contributed by atoms with E-state index in [1.54, 1.807) is 24.3 Å². The van der Waals surface area contributed by atoms with Crippen LogP contribution in [0, 0.1) is 35.1 Å². The Morgan fingerprint density at radius 2 is 1.88 bits per heavy atom. The Kier molecular flexibility index (Phi) is 8.16. The molecule has 0 aliphatic carbocycles. The third-order valence-electron chi connectivity index (χ3n) is 2.86. The molecule has 8 heteroatoms. The van der Waals surface area contributed by atoms with Gasteiger partial charge in [0.05, 0.1) is 17.7 Å². The van der Waals surface area contributed by atoms with Crippen molar-refractivity contribution in [2.45, 2.75) is 0 Å². The van der Waals surface area contributed by atoms with Crippen LogP contribution in [0.3, 0.4) is 0 Å². The summed E-state index contributed by atoms with van der Waals surface area (Å²) >= 11 is 0. The van der Waals surface area contributed by atoms with E-state index in [9.17, 15) is 13.6 Å². The topological polar surface area (TPSA) is 86.9 Å². The largest absolute Gasteiger partial charge is 3.00 e. The zero-order chi connectivity index (χ0) is 18.2. The number of nitrogens with zero attached hydrogens (tertiary/aromatic N) is 3. The van der Waals surface area contributed by atoms with Crippen molar-refractivity contribution in [1.29, 1.82) is 5.26 Å². The predicted molar refractivity (Wildman–Crippen MR) is 83.2 cm³/mol. The fourth-order valence-electron chi connectivity index (χ4n) is 1.74. The van der Waals surface area contributed by atoms with Crippen molar-refractivity contribution < 1.29 is 38.8 Å². The molecule has 0 bridgehead atoms. The van der Waals surface area contributed by atoms with E-state index >= 15 is 0 Å². The second-order valence-corrected chi connectivity index (χ2v) is 4.46. The van der Waals surface area contributed by atoms with Crippen molar-refractivity contribution in [3.05, 3.63) is 83.8 Å². The number of carboxylic acids is 1. The Bertz CT molecular complexity index is 917. The van der Waals surface area contributed by atoms with Crippen LogP contribution in [0.15, 0.2) is 48.8 Å². The van der Waals surface area contributed by atoms with E-state index in [0.29, 0.717) is 5.69 Å². The van der Waals surface area contributed by atoms with Crippen LogP contribution in [0.4, 0.5) is 8.78 Å². The summed E-state index contributed by atoms with van der Waals surface area (Å²) < 4.78 is 26.7. The number of benzene rings is 1. The molecule has 0 unspecified atom stereocenters. The van der Waals surface area contributed by atoms with E-state index in [2.05, 4.69) is 22.1 Å². The second-order valence-electron chi connectivity index (χ2n) is 4.46. The number of hydrogen-bond donors (Lipinski definition) is 1. The number of carbonyl (C=O) groups is 1. The normalized spacial score (nSPS) is 9.12. The molecule has 3 aromatic rings. The number of pyridine rings is 2. The summed E-state index contributed by atoms with van der Waals surface area (Å²) in [5.41, 5.74) is -0.341. The summed E-state index contributed by atoms with van der Waals surface area (Å²) in [6.45, 7) is 0. The molecular formula is C18H9F2IrN3O2+. The first-order valence-electron chi connectivity index (χ1n) is 6.81. The monoisotopic (exact) mass is 530 g/mol. The van der Waals surface area contributed by atoms with E-state index in [1.165, 1.54) is 24.5 Å². The summed E-state index contributed by atoms with van der Waals surface area (Å²) in [6, 6.07) is 15.3. The smallest absolute Gasteiger partial charge is 0.533 e. The van der Waals surface area contributed by atoms with Crippen molar-refractivity contribution in [1.82, 2.24) is 9.97 Å². The summed E-state index contributed by atoms with van der Waals surface area (Å²) in [7, 11) is 0. The van der Waals surface area contributed by atoms with E-state index < -0.39 is 23.2 Å². The number of rotatable bonds is 2. The molecule has 0 spiro atoms. The summed E-state index contributed by atoms with van der Waals surface area (Å²) in [5.74, 6) is -2.89. The van der Waals surface area contributed by atoms with Crippen molar-refractivity contribution in [2.75, 3.05) is 0 Å². The number of halogens is 2. The van der Waals surface area contributed by atoms with Gasteiger partial charge in [-0.3, -0.25) is 13.8 Å². The first kappa shape index (κ1) is 21.0. The first-order chi connectivity index (χ1) is 12.0. The summed E-state index contributed by atoms with van der Waals surface area (Å²) in [5, 5.41) is 16.9. The van der Waals surface area contributed by atoms with Gasteiger partial charge in [-0.2, -0.15) is 11.3 Å². The molecule has 26 heavy (non-hydrogen) atoms. The van der Waals surface area contributed by atoms with Crippen LogP contribution in [-0.2, 0) is 20.1 Å². The summed E-state index contributed by atoms with van der Waals surface area (Å²) in [4.78, 5) is 17.5. The summed E-state index contributed by atoms with van der Waals surface area (Å²) in [6.07, 6.45) is 2.90. The van der Waals surface area contributed by atoms with Gasteiger partial charge in [-0.15, -0.1) is 24.3 Å². The molecule has 0 amide bonds. The van der Waals surface area contributed by atoms with Crippen LogP contribution in [0.5, 0.6) is 0 Å². The van der Waals surface area contributed by atoms with Gasteiger partial charge in [-0.1, -0.05) is 17.7 Å². The average Bonchev–Trinajstić information content (AvgIpc) is 2.64. The zero-order valence-corrected chi connectivity index (χ0v) is 15.3. The van der Waals surface area contributed by atoms with Crippen molar-refractivity contribution in [3.8, 4) is 17.3 Å². The van der Waals surface area contributed by atoms with Crippen LogP contribution >= 0.6 is 0 Å². The standard InChI is InChI=1S/C12H5F2N2.C6H4NO2.Ir/c13-10-5-4-8(12(14)9(10)7-15)11-3-1-2-6-16-11;8-6(9)5-3-1-2-4-7-5;/h1-3,5-6H;1-2,4H,(H,8,9);/q2*-1;+3. The second kappa shape index (κ2) is 10.1. The molecule has 0 saturated carbocycles. The van der Waals surface area contributed by atoms with Crippen LogP contribution in [0.25, 0.3) is 11.3 Å². The Morgan fingerprint density at radius 3 is 2.38 bits per heavy atom. The van der Waals surface area contributed by atoms with Crippen molar-refractivity contribution in [2.24, 2.45) is 0 Å². The quantitative estimate of drug-likeness (QED) is 0.515. The molecule has 0 aliphatic rings. The molecule has 0 atom stereocenters. The van der Waals surface area contributed by atoms with Crippen LogP contribution in [0.1, 0.15) is 16.1 Å². The van der Waals surface area contributed by atoms with Crippen molar-refractivity contribution in [3.63, 3.8) is 0 Å². The number of nitriles is 1. The third-order valence-corrected chi connectivity index (χ3v) is 2.86. The molecule has 130 valence electrons. The molecule has 0 fully saturated rings. The maximum absolute atomic E-state index is 13.7. The van der Waals surface area contributed by atoms with Gasteiger partial charge in [0.2, 0.25) is 5.97 Å². The predicted octanol–water partition coefficient (Wildman–Crippen LogP) is 3.28. The molecule has 2 heterocycles. The first-order valence-corrected chi connectivity index (χ1v) is 6.81. The molecule has 0 radical (unpaired) electrons. The minimum Gasteiger partial charge on any atom is -0.533 e. The van der Waals surface area contributed by atoms with Crippen LogP contribution in [-0.4, -0.2) is 21.0 Å². The molecule has 1 N–H and O–H groups in total. The maximum atomic E-state index is 13.7. The Labute approximate surface area is 161 Å². The molecule has 1 aromatic carbocycles. The van der Waals surface area contributed by atoms with Gasteiger partial charge in [0, 0.05) is 17.5 Å². The van der Waals surface area contributed by atoms with Gasteiger partial charge >= 0.3 is 20.1 Å². The maximum Gasteiger partial charge on any atom is 3.00 e. The number of aromatic carboxylic acids is 1. The van der Waals surface area contributed by atoms with Gasteiger partial charge in [-0.25, -0.2) is 0 Å². The van der Waals surface area contributed by atoms with Gasteiger partial charge in [-0.05, 0) is 18.0 Å². The molecule has 2 aromatic heterocycles. The van der Waals surface area contributed by atoms with Gasteiger partial charge < -0.3 is 14.9 Å². The number of aromatic nitrogens is 2. The number of carboxylic acid groups (broad SMARTS) is 1. The van der Waals surface area contributed by atoms with Crippen LogP contribution < -0.4 is 0 Å². The van der Waals surface area contributed by atoms with Crippen LogP contribution in [0.2, 0.25) is 0 Å². The van der Waals surface area contributed by atoms with Crippen molar-refractivity contribution >= 4 is 5.97 Å².